The van der Waals surface area contributed by atoms with E-state index in [2.05, 4.69) is 16.0 Å². The monoisotopic (exact) mass is 829 g/mol. The molecule has 4 bridgehead atoms. The fourth-order valence-corrected chi connectivity index (χ4v) is 10.9. The van der Waals surface area contributed by atoms with Crippen LogP contribution in [0.3, 0.4) is 0 Å². The standard InChI is InChI=1S/C48H55N5O8/c1-52(2)21-19-49-43(54)39-29-23-35(37(25-29)60-47(58)33-17-9-13-27-11-5-7-15-31(27)33)41(39)45(56)51-46(57)42-36-24-30(40(42)44(55)50-20-22-53(3)4)26-38(36)61-48(59)34-18-10-14-28-12-6-8-16-32(28)34/h5-18,29-30,35-42H,19-26H2,1-4H3,(H,49,54)(H,50,55)(H,51,56,57). The quantitative estimate of drug-likeness (QED) is 0.124. The Kier molecular flexibility index (Phi) is 12.2. The molecular formula is C48H55N5O8. The van der Waals surface area contributed by atoms with Gasteiger partial charge in [-0.3, -0.25) is 24.5 Å². The van der Waals surface area contributed by atoms with Crippen molar-refractivity contribution in [2.75, 3.05) is 54.4 Å². The van der Waals surface area contributed by atoms with Crippen molar-refractivity contribution in [1.82, 2.24) is 25.8 Å². The summed E-state index contributed by atoms with van der Waals surface area (Å²) >= 11 is 0. The molecule has 8 rings (SSSR count). The summed E-state index contributed by atoms with van der Waals surface area (Å²) in [4.78, 5) is 88.4. The number of ether oxygens (including phenoxy) is 2. The van der Waals surface area contributed by atoms with Crippen molar-refractivity contribution in [3.05, 3.63) is 96.1 Å². The summed E-state index contributed by atoms with van der Waals surface area (Å²) in [7, 11) is 7.62. The number of fused-ring (bicyclic) bond motifs is 6. The summed E-state index contributed by atoms with van der Waals surface area (Å²) in [6.07, 6.45) is 0.477. The minimum absolute atomic E-state index is 0.254. The first-order valence-electron chi connectivity index (χ1n) is 21.5. The van der Waals surface area contributed by atoms with E-state index in [-0.39, 0.29) is 23.7 Å². The third-order valence-corrected chi connectivity index (χ3v) is 13.6. The Bertz CT molecular complexity index is 2180. The molecule has 10 atom stereocenters. The Morgan fingerprint density at radius 3 is 1.31 bits per heavy atom. The van der Waals surface area contributed by atoms with Crippen LogP contribution in [0.15, 0.2) is 84.9 Å². The smallest absolute Gasteiger partial charge is 0.339 e. The second-order valence-corrected chi connectivity index (χ2v) is 17.9. The molecule has 0 heterocycles. The van der Waals surface area contributed by atoms with Gasteiger partial charge in [-0.25, -0.2) is 9.59 Å². The number of hydrogen-bond acceptors (Lipinski definition) is 10. The zero-order valence-corrected chi connectivity index (χ0v) is 35.2. The normalized spacial score (nSPS) is 27.4. The molecule has 4 aliphatic carbocycles. The van der Waals surface area contributed by atoms with Crippen LogP contribution in [0.2, 0.25) is 0 Å². The fraction of sp³-hybridized carbons (Fsp3) is 0.458. The summed E-state index contributed by atoms with van der Waals surface area (Å²) in [5.74, 6) is -7.77. The van der Waals surface area contributed by atoms with Crippen LogP contribution in [0.4, 0.5) is 0 Å². The number of carbonyl (C=O) groups is 6. The Balaban J connectivity index is 1.03. The molecule has 320 valence electrons. The fourth-order valence-electron chi connectivity index (χ4n) is 10.9. The van der Waals surface area contributed by atoms with Crippen LogP contribution in [-0.4, -0.2) is 112 Å². The van der Waals surface area contributed by atoms with Gasteiger partial charge in [0, 0.05) is 38.0 Å². The van der Waals surface area contributed by atoms with Gasteiger partial charge in [-0.15, -0.1) is 0 Å². The lowest BCUT2D eigenvalue weighted by molar-refractivity contribution is -0.147. The average Bonchev–Trinajstić information content (AvgIpc) is 4.03. The molecule has 13 nitrogen and oxygen atoms in total. The van der Waals surface area contributed by atoms with Crippen LogP contribution in [-0.2, 0) is 28.7 Å². The van der Waals surface area contributed by atoms with Crippen molar-refractivity contribution in [2.45, 2.75) is 37.9 Å². The molecule has 4 aromatic rings. The Morgan fingerprint density at radius 1 is 0.508 bits per heavy atom. The SMILES string of the molecule is CN(C)CCNC(=O)C1C2CC(OC(=O)c3cccc4ccccc34)C(C2)C1C(=O)NC(=O)C1C2CC(CC2OC(=O)c2cccc3ccccc23)C1C(=O)NCCN(C)C. The van der Waals surface area contributed by atoms with E-state index in [1.54, 1.807) is 24.3 Å². The zero-order chi connectivity index (χ0) is 42.9. The largest absolute Gasteiger partial charge is 0.458 e. The Morgan fingerprint density at radius 2 is 0.902 bits per heavy atom. The van der Waals surface area contributed by atoms with Gasteiger partial charge < -0.3 is 29.9 Å². The highest BCUT2D eigenvalue weighted by atomic mass is 16.5. The van der Waals surface area contributed by atoms with Crippen LogP contribution in [0.25, 0.3) is 21.5 Å². The number of likely N-dealkylation sites (N-methyl/N-ethyl adjacent to an activating group) is 2. The molecule has 0 spiro atoms. The molecule has 13 heteroatoms. The highest BCUT2D eigenvalue weighted by molar-refractivity contribution is 6.06. The van der Waals surface area contributed by atoms with Crippen molar-refractivity contribution in [2.24, 2.45) is 47.3 Å². The van der Waals surface area contributed by atoms with E-state index in [0.717, 1.165) is 21.5 Å². The number of hydrogen-bond donors (Lipinski definition) is 3. The van der Waals surface area contributed by atoms with Gasteiger partial charge in [0.15, 0.2) is 0 Å². The van der Waals surface area contributed by atoms with Crippen molar-refractivity contribution in [3.63, 3.8) is 0 Å². The molecule has 61 heavy (non-hydrogen) atoms. The third-order valence-electron chi connectivity index (χ3n) is 13.6. The van der Waals surface area contributed by atoms with Crippen LogP contribution in [0, 0.1) is 47.3 Å². The molecule has 3 N–H and O–H groups in total. The summed E-state index contributed by atoms with van der Waals surface area (Å²) < 4.78 is 12.4. The van der Waals surface area contributed by atoms with E-state index in [9.17, 15) is 28.8 Å². The van der Waals surface area contributed by atoms with Crippen LogP contribution in [0.5, 0.6) is 0 Å². The average molecular weight is 830 g/mol. The number of benzene rings is 4. The lowest BCUT2D eigenvalue weighted by atomic mass is 9.75. The van der Waals surface area contributed by atoms with E-state index in [4.69, 9.17) is 9.47 Å². The number of esters is 2. The van der Waals surface area contributed by atoms with Gasteiger partial charge in [0.25, 0.3) is 0 Å². The van der Waals surface area contributed by atoms with Gasteiger partial charge in [0.05, 0.1) is 34.8 Å². The van der Waals surface area contributed by atoms with Gasteiger partial charge in [-0.2, -0.15) is 0 Å². The van der Waals surface area contributed by atoms with E-state index in [1.807, 2.05) is 98.7 Å². The first kappa shape index (κ1) is 42.0. The predicted octanol–water partition coefficient (Wildman–Crippen LogP) is 4.29. The van der Waals surface area contributed by atoms with Crippen LogP contribution < -0.4 is 16.0 Å². The van der Waals surface area contributed by atoms with Crippen LogP contribution in [0.1, 0.15) is 46.4 Å². The minimum Gasteiger partial charge on any atom is -0.458 e. The molecule has 10 unspecified atom stereocenters. The van der Waals surface area contributed by atoms with Gasteiger partial charge in [-0.1, -0.05) is 72.8 Å². The van der Waals surface area contributed by atoms with Crippen molar-refractivity contribution in [1.29, 1.82) is 0 Å². The van der Waals surface area contributed by atoms with E-state index in [1.165, 1.54) is 0 Å². The highest BCUT2D eigenvalue weighted by Gasteiger charge is 2.62. The van der Waals surface area contributed by atoms with Gasteiger partial charge in [-0.05, 0) is 99.4 Å². The summed E-state index contributed by atoms with van der Waals surface area (Å²) in [6, 6.07) is 26.0. The third kappa shape index (κ3) is 8.50. The first-order chi connectivity index (χ1) is 29.4. The maximum absolute atomic E-state index is 14.6. The predicted molar refractivity (Wildman–Crippen MR) is 229 cm³/mol. The molecule has 4 saturated carbocycles. The Hall–Kier alpha value is -5.66. The molecule has 4 fully saturated rings. The number of amides is 4. The second-order valence-electron chi connectivity index (χ2n) is 17.9. The van der Waals surface area contributed by atoms with Crippen LogP contribution >= 0.6 is 0 Å². The van der Waals surface area contributed by atoms with Crippen molar-refractivity contribution >= 4 is 57.1 Å². The van der Waals surface area contributed by atoms with Gasteiger partial charge in [0.1, 0.15) is 12.2 Å². The van der Waals surface area contributed by atoms with Gasteiger partial charge in [0.2, 0.25) is 23.6 Å². The molecule has 0 saturated heterocycles. The molecular weight excluding hydrogens is 775 g/mol. The summed E-state index contributed by atoms with van der Waals surface area (Å²) in [5, 5.41) is 12.0. The Labute approximate surface area is 355 Å². The lowest BCUT2D eigenvalue weighted by Gasteiger charge is -2.36. The number of rotatable bonds is 14. The molecule has 4 aromatic carbocycles. The number of nitrogens with one attached hydrogen (secondary N) is 3. The first-order valence-corrected chi connectivity index (χ1v) is 21.5. The van der Waals surface area contributed by atoms with Gasteiger partial charge >= 0.3 is 11.9 Å². The second kappa shape index (κ2) is 17.7. The molecule has 0 radical (unpaired) electrons. The number of nitrogens with zero attached hydrogens (tertiary/aromatic N) is 2. The van der Waals surface area contributed by atoms with E-state index in [0.29, 0.717) is 63.0 Å². The van der Waals surface area contributed by atoms with E-state index >= 15 is 0 Å². The number of carbonyl (C=O) groups excluding carboxylic acids is 6. The molecule has 0 aromatic heterocycles. The van der Waals surface area contributed by atoms with Crippen molar-refractivity contribution in [3.8, 4) is 0 Å². The molecule has 4 amide bonds. The molecule has 0 aliphatic heterocycles. The zero-order valence-electron chi connectivity index (χ0n) is 35.2. The number of imide groups is 1. The topological polar surface area (TPSA) is 163 Å². The van der Waals surface area contributed by atoms with E-state index < -0.39 is 71.5 Å². The highest BCUT2D eigenvalue weighted by Crippen LogP contribution is 2.56. The maximum atomic E-state index is 14.6. The maximum Gasteiger partial charge on any atom is 0.339 e. The lowest BCUT2D eigenvalue weighted by Crippen LogP contribution is -2.54. The summed E-state index contributed by atoms with van der Waals surface area (Å²) in [5.41, 5.74) is 0.828. The van der Waals surface area contributed by atoms with Crippen molar-refractivity contribution < 1.29 is 38.2 Å². The molecule has 4 aliphatic rings. The minimum atomic E-state index is -0.960. The summed E-state index contributed by atoms with van der Waals surface area (Å²) in [6.45, 7) is 1.95.